The molecule has 0 fully saturated rings. The van der Waals surface area contributed by atoms with Crippen LogP contribution < -0.4 is 4.74 Å². The van der Waals surface area contributed by atoms with E-state index in [1.54, 1.807) is 0 Å². The fourth-order valence-electron chi connectivity index (χ4n) is 0.913. The molecule has 15 heavy (non-hydrogen) atoms. The zero-order chi connectivity index (χ0) is 11.3. The SMILES string of the molecule is OCC#Cc1cccc(OC(F)(F)F)c1. The van der Waals surface area contributed by atoms with Crippen molar-refractivity contribution in [2.45, 2.75) is 6.36 Å². The Morgan fingerprint density at radius 2 is 2.07 bits per heavy atom. The first-order valence-corrected chi connectivity index (χ1v) is 3.97. The van der Waals surface area contributed by atoms with E-state index in [0.717, 1.165) is 6.07 Å². The lowest BCUT2D eigenvalue weighted by Crippen LogP contribution is -2.17. The fraction of sp³-hybridized carbons (Fsp3) is 0.200. The highest BCUT2D eigenvalue weighted by atomic mass is 19.4. The van der Waals surface area contributed by atoms with Gasteiger partial charge in [-0.25, -0.2) is 0 Å². The molecular weight excluding hydrogens is 209 g/mol. The van der Waals surface area contributed by atoms with Crippen LogP contribution in [-0.2, 0) is 0 Å². The maximum Gasteiger partial charge on any atom is 0.573 e. The van der Waals surface area contributed by atoms with Crippen molar-refractivity contribution in [1.82, 2.24) is 0 Å². The van der Waals surface area contributed by atoms with Crippen LogP contribution in [0.5, 0.6) is 5.75 Å². The molecule has 0 atom stereocenters. The van der Waals surface area contributed by atoms with Gasteiger partial charge in [0, 0.05) is 5.56 Å². The number of aliphatic hydroxyl groups excluding tert-OH is 1. The molecule has 0 bridgehead atoms. The Labute approximate surface area is 84.3 Å². The lowest BCUT2D eigenvalue weighted by Gasteiger charge is -2.08. The molecule has 1 N–H and O–H groups in total. The molecule has 5 heteroatoms. The molecule has 0 unspecified atom stereocenters. The largest absolute Gasteiger partial charge is 0.573 e. The monoisotopic (exact) mass is 216 g/mol. The lowest BCUT2D eigenvalue weighted by atomic mass is 10.2. The first-order valence-electron chi connectivity index (χ1n) is 3.97. The standard InChI is InChI=1S/C10H7F3O2/c11-10(12,13)15-9-5-1-3-8(7-9)4-2-6-14/h1,3,5,7,14H,6H2. The van der Waals surface area contributed by atoms with Crippen molar-refractivity contribution in [2.75, 3.05) is 6.61 Å². The first kappa shape index (κ1) is 11.4. The van der Waals surface area contributed by atoms with Gasteiger partial charge in [0.1, 0.15) is 12.4 Å². The van der Waals surface area contributed by atoms with Crippen LogP contribution in [0.3, 0.4) is 0 Å². The maximum atomic E-state index is 11.8. The molecular formula is C10H7F3O2. The van der Waals surface area contributed by atoms with E-state index in [4.69, 9.17) is 5.11 Å². The summed E-state index contributed by atoms with van der Waals surface area (Å²) in [6, 6.07) is 5.24. The summed E-state index contributed by atoms with van der Waals surface area (Å²) in [4.78, 5) is 0. The topological polar surface area (TPSA) is 29.5 Å². The number of alkyl halides is 3. The van der Waals surface area contributed by atoms with Gasteiger partial charge in [-0.15, -0.1) is 13.2 Å². The van der Waals surface area contributed by atoms with Gasteiger partial charge in [-0.2, -0.15) is 0 Å². The molecule has 1 aromatic carbocycles. The molecule has 0 saturated heterocycles. The molecule has 0 aromatic heterocycles. The minimum atomic E-state index is -4.71. The third-order valence-corrected chi connectivity index (χ3v) is 1.38. The van der Waals surface area contributed by atoms with Crippen molar-refractivity contribution in [3.8, 4) is 17.6 Å². The minimum absolute atomic E-state index is 0.327. The summed E-state index contributed by atoms with van der Waals surface area (Å²) in [5.74, 6) is 4.47. The molecule has 0 saturated carbocycles. The quantitative estimate of drug-likeness (QED) is 0.727. The van der Waals surface area contributed by atoms with Crippen molar-refractivity contribution in [2.24, 2.45) is 0 Å². The van der Waals surface area contributed by atoms with Crippen molar-refractivity contribution in [3.05, 3.63) is 29.8 Å². The van der Waals surface area contributed by atoms with Crippen molar-refractivity contribution < 1.29 is 23.0 Å². The fourth-order valence-corrected chi connectivity index (χ4v) is 0.913. The number of rotatable bonds is 1. The second-order valence-corrected chi connectivity index (χ2v) is 2.54. The van der Waals surface area contributed by atoms with E-state index < -0.39 is 6.36 Å². The van der Waals surface area contributed by atoms with E-state index in [0.29, 0.717) is 5.56 Å². The Morgan fingerprint density at radius 1 is 1.33 bits per heavy atom. The molecule has 80 valence electrons. The van der Waals surface area contributed by atoms with Crippen LogP contribution in [0, 0.1) is 11.8 Å². The van der Waals surface area contributed by atoms with Gasteiger partial charge in [0.15, 0.2) is 0 Å². The predicted molar refractivity (Wildman–Crippen MR) is 47.1 cm³/mol. The average Bonchev–Trinajstić information content (AvgIpc) is 2.12. The summed E-state index contributed by atoms with van der Waals surface area (Å²) >= 11 is 0. The Morgan fingerprint density at radius 3 is 2.67 bits per heavy atom. The summed E-state index contributed by atoms with van der Waals surface area (Å²) in [6.45, 7) is -0.343. The Hall–Kier alpha value is -1.67. The molecule has 0 aliphatic rings. The number of hydrogen-bond donors (Lipinski definition) is 1. The van der Waals surface area contributed by atoms with Gasteiger partial charge in [-0.05, 0) is 18.2 Å². The lowest BCUT2D eigenvalue weighted by molar-refractivity contribution is -0.274. The summed E-state index contributed by atoms with van der Waals surface area (Å²) in [7, 11) is 0. The Bertz CT molecular complexity index is 388. The van der Waals surface area contributed by atoms with E-state index >= 15 is 0 Å². The summed E-state index contributed by atoms with van der Waals surface area (Å²) in [6.07, 6.45) is -4.71. The Balaban J connectivity index is 2.83. The van der Waals surface area contributed by atoms with Crippen LogP contribution in [0.1, 0.15) is 5.56 Å². The first-order chi connectivity index (χ1) is 7.01. The molecule has 0 aliphatic heterocycles. The maximum absolute atomic E-state index is 11.8. The zero-order valence-corrected chi connectivity index (χ0v) is 7.51. The van der Waals surface area contributed by atoms with E-state index in [1.165, 1.54) is 18.2 Å². The highest BCUT2D eigenvalue weighted by Crippen LogP contribution is 2.22. The van der Waals surface area contributed by atoms with E-state index in [9.17, 15) is 13.2 Å². The normalized spacial score (nSPS) is 10.4. The number of halogens is 3. The molecule has 2 nitrogen and oxygen atoms in total. The van der Waals surface area contributed by atoms with Crippen LogP contribution in [-0.4, -0.2) is 18.1 Å². The number of aliphatic hydroxyl groups is 1. The second-order valence-electron chi connectivity index (χ2n) is 2.54. The Kier molecular flexibility index (Phi) is 3.58. The summed E-state index contributed by atoms with van der Waals surface area (Å²) in [5, 5.41) is 8.40. The number of benzene rings is 1. The molecule has 0 amide bonds. The van der Waals surface area contributed by atoms with Gasteiger partial charge in [0.25, 0.3) is 0 Å². The van der Waals surface area contributed by atoms with E-state index in [1.807, 2.05) is 0 Å². The molecule has 0 heterocycles. The van der Waals surface area contributed by atoms with Gasteiger partial charge in [0.2, 0.25) is 0 Å². The van der Waals surface area contributed by atoms with E-state index in [-0.39, 0.29) is 12.4 Å². The smallest absolute Gasteiger partial charge is 0.406 e. The zero-order valence-electron chi connectivity index (χ0n) is 7.51. The number of hydrogen-bond acceptors (Lipinski definition) is 2. The molecule has 0 aliphatic carbocycles. The van der Waals surface area contributed by atoms with Crippen molar-refractivity contribution >= 4 is 0 Å². The van der Waals surface area contributed by atoms with Crippen LogP contribution in [0.2, 0.25) is 0 Å². The van der Waals surface area contributed by atoms with Crippen LogP contribution in [0.25, 0.3) is 0 Å². The molecule has 1 rings (SSSR count). The van der Waals surface area contributed by atoms with Gasteiger partial charge >= 0.3 is 6.36 Å². The number of ether oxygens (including phenoxy) is 1. The summed E-state index contributed by atoms with van der Waals surface area (Å²) < 4.78 is 39.2. The molecule has 1 aromatic rings. The van der Waals surface area contributed by atoms with Crippen molar-refractivity contribution in [1.29, 1.82) is 0 Å². The van der Waals surface area contributed by atoms with Gasteiger partial charge in [0.05, 0.1) is 0 Å². The molecule has 0 spiro atoms. The van der Waals surface area contributed by atoms with E-state index in [2.05, 4.69) is 16.6 Å². The van der Waals surface area contributed by atoms with Crippen molar-refractivity contribution in [3.63, 3.8) is 0 Å². The van der Waals surface area contributed by atoms with Crippen LogP contribution >= 0.6 is 0 Å². The highest BCUT2D eigenvalue weighted by molar-refractivity contribution is 5.39. The summed E-state index contributed by atoms with van der Waals surface area (Å²) in [5.41, 5.74) is 0.353. The predicted octanol–water partition coefficient (Wildman–Crippen LogP) is 1.93. The highest BCUT2D eigenvalue weighted by Gasteiger charge is 2.30. The average molecular weight is 216 g/mol. The third kappa shape index (κ3) is 4.38. The minimum Gasteiger partial charge on any atom is -0.406 e. The van der Waals surface area contributed by atoms with Crippen LogP contribution in [0.15, 0.2) is 24.3 Å². The second kappa shape index (κ2) is 4.71. The molecule has 0 radical (unpaired) electrons. The van der Waals surface area contributed by atoms with Gasteiger partial charge in [-0.3, -0.25) is 0 Å². The van der Waals surface area contributed by atoms with Gasteiger partial charge < -0.3 is 9.84 Å². The third-order valence-electron chi connectivity index (χ3n) is 1.38. The van der Waals surface area contributed by atoms with Crippen LogP contribution in [0.4, 0.5) is 13.2 Å². The van der Waals surface area contributed by atoms with Gasteiger partial charge in [-0.1, -0.05) is 17.9 Å².